The molecule has 0 saturated carbocycles. The van der Waals surface area contributed by atoms with Gasteiger partial charge in [-0.3, -0.25) is 10.1 Å². The zero-order valence-corrected chi connectivity index (χ0v) is 16.3. The summed E-state index contributed by atoms with van der Waals surface area (Å²) in [4.78, 5) is 30.0. The Morgan fingerprint density at radius 2 is 1.96 bits per heavy atom. The van der Waals surface area contributed by atoms with Crippen LogP contribution in [0.1, 0.15) is 26.3 Å². The van der Waals surface area contributed by atoms with E-state index in [9.17, 15) is 9.59 Å². The lowest BCUT2D eigenvalue weighted by atomic mass is 10.1. The summed E-state index contributed by atoms with van der Waals surface area (Å²) in [5, 5.41) is 4.93. The van der Waals surface area contributed by atoms with Crippen LogP contribution in [0.4, 0.5) is 5.13 Å². The van der Waals surface area contributed by atoms with E-state index in [2.05, 4.69) is 26.2 Å². The fourth-order valence-electron chi connectivity index (χ4n) is 2.11. The van der Waals surface area contributed by atoms with Crippen LogP contribution in [0.15, 0.2) is 46.3 Å². The molecule has 3 aromatic rings. The van der Waals surface area contributed by atoms with Crippen LogP contribution in [0.2, 0.25) is 0 Å². The van der Waals surface area contributed by atoms with Gasteiger partial charge in [-0.25, -0.2) is 9.78 Å². The van der Waals surface area contributed by atoms with Crippen LogP contribution < -0.4 is 5.32 Å². The smallest absolute Gasteiger partial charge is 0.350 e. The third-order valence-corrected chi connectivity index (χ3v) is 5.97. The molecule has 0 atom stereocenters. The van der Waals surface area contributed by atoms with Crippen LogP contribution in [-0.4, -0.2) is 23.5 Å². The average Bonchev–Trinajstić information content (AvgIpc) is 3.22. The molecule has 0 aliphatic carbocycles. The summed E-state index contributed by atoms with van der Waals surface area (Å²) in [6.07, 6.45) is 0. The summed E-state index contributed by atoms with van der Waals surface area (Å²) in [5.41, 5.74) is 1.30. The number of nitrogens with zero attached hydrogens (tertiary/aromatic N) is 1. The predicted octanol–water partition coefficient (Wildman–Crippen LogP) is 5.06. The van der Waals surface area contributed by atoms with Crippen LogP contribution in [-0.2, 0) is 4.74 Å². The minimum absolute atomic E-state index is 0.273. The highest BCUT2D eigenvalue weighted by Gasteiger charge is 2.22. The lowest BCUT2D eigenvalue weighted by molar-refractivity contribution is 0.0532. The first-order chi connectivity index (χ1) is 12.1. The summed E-state index contributed by atoms with van der Waals surface area (Å²) in [5.74, 6) is -0.720. The van der Waals surface area contributed by atoms with E-state index in [4.69, 9.17) is 4.74 Å². The van der Waals surface area contributed by atoms with Gasteiger partial charge in [0.2, 0.25) is 0 Å². The minimum Gasteiger partial charge on any atom is -0.462 e. The standard InChI is InChI=1S/C17H13BrN2O3S2/c1-2-23-16(22)14-12(10-6-4-3-5-7-10)19-17(25-14)20-15(21)13-11(18)8-9-24-13/h3-9H,2H2,1H3,(H,19,20,21). The summed E-state index contributed by atoms with van der Waals surface area (Å²) in [6, 6.07) is 11.1. The topological polar surface area (TPSA) is 68.3 Å². The van der Waals surface area contributed by atoms with Gasteiger partial charge in [0.15, 0.2) is 5.13 Å². The van der Waals surface area contributed by atoms with Crippen molar-refractivity contribution in [2.75, 3.05) is 11.9 Å². The van der Waals surface area contributed by atoms with Crippen molar-refractivity contribution in [3.8, 4) is 11.3 Å². The number of nitrogens with one attached hydrogen (secondary N) is 1. The van der Waals surface area contributed by atoms with Gasteiger partial charge in [0.25, 0.3) is 5.91 Å². The highest BCUT2D eigenvalue weighted by atomic mass is 79.9. The second kappa shape index (κ2) is 7.90. The number of carbonyl (C=O) groups is 2. The highest BCUT2D eigenvalue weighted by Crippen LogP contribution is 2.32. The number of benzene rings is 1. The molecule has 3 rings (SSSR count). The molecule has 5 nitrogen and oxygen atoms in total. The molecule has 0 fully saturated rings. The molecule has 8 heteroatoms. The Labute approximate surface area is 160 Å². The molecule has 0 saturated heterocycles. The molecule has 1 N–H and O–H groups in total. The van der Waals surface area contributed by atoms with Gasteiger partial charge in [-0.05, 0) is 34.3 Å². The number of thiazole rings is 1. The van der Waals surface area contributed by atoms with E-state index in [0.717, 1.165) is 21.4 Å². The van der Waals surface area contributed by atoms with Gasteiger partial charge in [0.1, 0.15) is 9.75 Å². The van der Waals surface area contributed by atoms with E-state index < -0.39 is 5.97 Å². The number of amides is 1. The Bertz CT molecular complexity index is 906. The molecule has 1 aromatic carbocycles. The number of hydrogen-bond donors (Lipinski definition) is 1. The normalized spacial score (nSPS) is 10.5. The highest BCUT2D eigenvalue weighted by molar-refractivity contribution is 9.10. The SMILES string of the molecule is CCOC(=O)c1sc(NC(=O)c2sccc2Br)nc1-c1ccccc1. The third-order valence-electron chi connectivity index (χ3n) is 3.18. The largest absolute Gasteiger partial charge is 0.462 e. The van der Waals surface area contributed by atoms with Crippen LogP contribution >= 0.6 is 38.6 Å². The number of hydrogen-bond acceptors (Lipinski definition) is 6. The first-order valence-electron chi connectivity index (χ1n) is 7.38. The monoisotopic (exact) mass is 436 g/mol. The number of aromatic nitrogens is 1. The molecule has 25 heavy (non-hydrogen) atoms. The molecule has 128 valence electrons. The molecule has 0 radical (unpaired) electrons. The molecule has 2 heterocycles. The van der Waals surface area contributed by atoms with Crippen molar-refractivity contribution in [1.29, 1.82) is 0 Å². The van der Waals surface area contributed by atoms with Crippen LogP contribution in [0, 0.1) is 0 Å². The second-order valence-corrected chi connectivity index (χ2v) is 7.60. The van der Waals surface area contributed by atoms with E-state index >= 15 is 0 Å². The summed E-state index contributed by atoms with van der Waals surface area (Å²) in [7, 11) is 0. The van der Waals surface area contributed by atoms with Crippen molar-refractivity contribution in [1.82, 2.24) is 4.98 Å². The summed E-state index contributed by atoms with van der Waals surface area (Å²) < 4.78 is 5.84. The molecule has 1 amide bonds. The minimum atomic E-state index is -0.448. The van der Waals surface area contributed by atoms with Gasteiger partial charge < -0.3 is 4.74 Å². The summed E-state index contributed by atoms with van der Waals surface area (Å²) in [6.45, 7) is 2.02. The first kappa shape index (κ1) is 17.8. The van der Waals surface area contributed by atoms with E-state index in [0.29, 0.717) is 20.6 Å². The van der Waals surface area contributed by atoms with Crippen molar-refractivity contribution in [2.24, 2.45) is 0 Å². The molecule has 0 aliphatic heterocycles. The van der Waals surface area contributed by atoms with Crippen LogP contribution in [0.5, 0.6) is 0 Å². The number of thiophene rings is 1. The van der Waals surface area contributed by atoms with E-state index in [1.807, 2.05) is 35.7 Å². The van der Waals surface area contributed by atoms with Gasteiger partial charge >= 0.3 is 5.97 Å². The van der Waals surface area contributed by atoms with Crippen molar-refractivity contribution >= 4 is 55.6 Å². The van der Waals surface area contributed by atoms with Crippen molar-refractivity contribution in [3.05, 3.63) is 56.0 Å². The molecule has 2 aromatic heterocycles. The Balaban J connectivity index is 1.94. The lowest BCUT2D eigenvalue weighted by Crippen LogP contribution is -2.10. The Morgan fingerprint density at radius 3 is 2.60 bits per heavy atom. The second-order valence-electron chi connectivity index (χ2n) is 4.84. The van der Waals surface area contributed by atoms with Crippen LogP contribution in [0.3, 0.4) is 0 Å². The first-order valence-corrected chi connectivity index (χ1v) is 9.86. The Kier molecular flexibility index (Phi) is 5.62. The van der Waals surface area contributed by atoms with Crippen molar-refractivity contribution in [3.63, 3.8) is 0 Å². The van der Waals surface area contributed by atoms with Gasteiger partial charge in [0, 0.05) is 10.0 Å². The maximum Gasteiger partial charge on any atom is 0.350 e. The average molecular weight is 437 g/mol. The number of carbonyl (C=O) groups excluding carboxylic acids is 2. The van der Waals surface area contributed by atoms with Gasteiger partial charge in [-0.15, -0.1) is 11.3 Å². The Hall–Kier alpha value is -2.03. The quantitative estimate of drug-likeness (QED) is 0.567. The zero-order valence-electron chi connectivity index (χ0n) is 13.1. The number of anilines is 1. The van der Waals surface area contributed by atoms with Crippen molar-refractivity contribution in [2.45, 2.75) is 6.92 Å². The number of esters is 1. The number of ether oxygens (including phenoxy) is 1. The van der Waals surface area contributed by atoms with Gasteiger partial charge in [-0.2, -0.15) is 0 Å². The number of halogens is 1. The molecule has 0 aliphatic rings. The molecule has 0 unspecified atom stereocenters. The van der Waals surface area contributed by atoms with Crippen molar-refractivity contribution < 1.29 is 14.3 Å². The maximum atomic E-state index is 12.4. The third kappa shape index (κ3) is 3.97. The van der Waals surface area contributed by atoms with E-state index in [-0.39, 0.29) is 12.5 Å². The molecule has 0 spiro atoms. The summed E-state index contributed by atoms with van der Waals surface area (Å²) >= 11 is 5.77. The lowest BCUT2D eigenvalue weighted by Gasteiger charge is -2.01. The van der Waals surface area contributed by atoms with E-state index in [1.54, 1.807) is 13.0 Å². The van der Waals surface area contributed by atoms with E-state index in [1.165, 1.54) is 11.3 Å². The predicted molar refractivity (Wildman–Crippen MR) is 103 cm³/mol. The molecular formula is C17H13BrN2O3S2. The van der Waals surface area contributed by atoms with Gasteiger partial charge in [-0.1, -0.05) is 41.7 Å². The molecular weight excluding hydrogens is 424 g/mol. The van der Waals surface area contributed by atoms with Gasteiger partial charge in [0.05, 0.1) is 12.3 Å². The fourth-order valence-corrected chi connectivity index (χ4v) is 4.43. The maximum absolute atomic E-state index is 12.4. The van der Waals surface area contributed by atoms with Crippen LogP contribution in [0.25, 0.3) is 11.3 Å². The zero-order chi connectivity index (χ0) is 17.8. The fraction of sp³-hybridized carbons (Fsp3) is 0.118. The molecule has 0 bridgehead atoms. The Morgan fingerprint density at radius 1 is 1.20 bits per heavy atom. The number of rotatable bonds is 5.